The molecule has 96 valence electrons. The largest absolute Gasteiger partial charge is 0.377 e. The molecular weight excluding hydrogens is 249 g/mol. The molecule has 1 aliphatic heterocycles. The monoisotopic (exact) mass is 259 g/mol. The van der Waals surface area contributed by atoms with Crippen molar-refractivity contribution in [3.63, 3.8) is 0 Å². The van der Waals surface area contributed by atoms with E-state index in [4.69, 9.17) is 0 Å². The maximum absolute atomic E-state index is 14.1. The van der Waals surface area contributed by atoms with Crippen LogP contribution < -0.4 is 5.32 Å². The Bertz CT molecular complexity index is 688. The van der Waals surface area contributed by atoms with E-state index >= 15 is 0 Å². The number of aromatic nitrogens is 2. The van der Waals surface area contributed by atoms with E-state index in [0.717, 1.165) is 0 Å². The zero-order valence-electron chi connectivity index (χ0n) is 10.0. The van der Waals surface area contributed by atoms with E-state index in [2.05, 4.69) is 15.3 Å². The third kappa shape index (κ3) is 1.77. The van der Waals surface area contributed by atoms with Crippen LogP contribution in [0.25, 0.3) is 11.1 Å². The van der Waals surface area contributed by atoms with Crippen LogP contribution in [0.4, 0.5) is 10.1 Å². The molecule has 1 unspecified atom stereocenters. The minimum atomic E-state index is -1.43. The van der Waals surface area contributed by atoms with Gasteiger partial charge in [0.15, 0.2) is 6.10 Å². The fourth-order valence-corrected chi connectivity index (χ4v) is 2.16. The summed E-state index contributed by atoms with van der Waals surface area (Å²) in [4.78, 5) is 19.5. The van der Waals surface area contributed by atoms with Crippen molar-refractivity contribution in [1.29, 1.82) is 0 Å². The Balaban J connectivity index is 2.38. The summed E-state index contributed by atoms with van der Waals surface area (Å²) in [5.41, 5.74) is 1.38. The predicted molar refractivity (Wildman–Crippen MR) is 65.8 cm³/mol. The first kappa shape index (κ1) is 11.7. The summed E-state index contributed by atoms with van der Waals surface area (Å²) < 4.78 is 14.1. The molecule has 2 N–H and O–H groups in total. The van der Waals surface area contributed by atoms with Crippen LogP contribution in [-0.2, 0) is 4.79 Å². The van der Waals surface area contributed by atoms with Gasteiger partial charge in [0.25, 0.3) is 5.91 Å². The standard InChI is InChI=1S/C13H10FN3O2/c1-6-5-8-9(12(14)16-6)7-3-2-4-15-10(7)11(18)13(19)17-8/h2-5,11,18H,1H3,(H,17,19). The summed E-state index contributed by atoms with van der Waals surface area (Å²) in [5.74, 6) is -1.33. The number of aliphatic hydroxyl groups is 1. The fraction of sp³-hybridized carbons (Fsp3) is 0.154. The van der Waals surface area contributed by atoms with E-state index in [-0.39, 0.29) is 11.3 Å². The van der Waals surface area contributed by atoms with Crippen LogP contribution in [0.3, 0.4) is 0 Å². The van der Waals surface area contributed by atoms with E-state index < -0.39 is 18.0 Å². The molecule has 0 spiro atoms. The molecule has 0 fully saturated rings. The number of aliphatic hydroxyl groups excluding tert-OH is 1. The lowest BCUT2D eigenvalue weighted by Crippen LogP contribution is -2.20. The van der Waals surface area contributed by atoms with Crippen molar-refractivity contribution in [2.45, 2.75) is 13.0 Å². The van der Waals surface area contributed by atoms with Crippen molar-refractivity contribution in [1.82, 2.24) is 9.97 Å². The second kappa shape index (κ2) is 4.10. The highest BCUT2D eigenvalue weighted by Gasteiger charge is 2.30. The van der Waals surface area contributed by atoms with Gasteiger partial charge in [-0.25, -0.2) is 4.98 Å². The van der Waals surface area contributed by atoms with Gasteiger partial charge in [-0.2, -0.15) is 4.39 Å². The molecule has 1 aliphatic rings. The Hall–Kier alpha value is -2.34. The van der Waals surface area contributed by atoms with Crippen molar-refractivity contribution in [2.24, 2.45) is 0 Å². The van der Waals surface area contributed by atoms with Crippen LogP contribution in [0.1, 0.15) is 17.5 Å². The molecule has 19 heavy (non-hydrogen) atoms. The number of pyridine rings is 2. The van der Waals surface area contributed by atoms with Crippen LogP contribution >= 0.6 is 0 Å². The molecule has 3 heterocycles. The molecule has 3 rings (SSSR count). The molecular formula is C13H10FN3O2. The first-order valence-corrected chi connectivity index (χ1v) is 5.69. The van der Waals surface area contributed by atoms with Crippen LogP contribution in [-0.4, -0.2) is 21.0 Å². The highest BCUT2D eigenvalue weighted by atomic mass is 19.1. The average Bonchev–Trinajstić information content (AvgIpc) is 2.46. The van der Waals surface area contributed by atoms with Gasteiger partial charge in [-0.15, -0.1) is 0 Å². The molecule has 2 aromatic heterocycles. The molecule has 0 saturated heterocycles. The second-order valence-corrected chi connectivity index (χ2v) is 4.30. The van der Waals surface area contributed by atoms with Crippen molar-refractivity contribution in [3.05, 3.63) is 41.7 Å². The maximum atomic E-state index is 14.1. The summed E-state index contributed by atoms with van der Waals surface area (Å²) in [6.07, 6.45) is 0.0168. The lowest BCUT2D eigenvalue weighted by Gasteiger charge is -2.09. The van der Waals surface area contributed by atoms with Gasteiger partial charge in [0, 0.05) is 17.5 Å². The number of rotatable bonds is 0. The SMILES string of the molecule is Cc1cc2c(c(F)n1)-c1cccnc1C(O)C(=O)N2. The third-order valence-corrected chi connectivity index (χ3v) is 2.98. The molecule has 0 aliphatic carbocycles. The van der Waals surface area contributed by atoms with E-state index in [1.54, 1.807) is 25.1 Å². The van der Waals surface area contributed by atoms with Gasteiger partial charge in [0.05, 0.1) is 16.9 Å². The number of hydrogen-bond donors (Lipinski definition) is 2. The number of nitrogens with one attached hydrogen (secondary N) is 1. The van der Waals surface area contributed by atoms with E-state index in [0.29, 0.717) is 16.9 Å². The Morgan fingerprint density at radius 1 is 1.47 bits per heavy atom. The Morgan fingerprint density at radius 3 is 3.05 bits per heavy atom. The van der Waals surface area contributed by atoms with Gasteiger partial charge < -0.3 is 10.4 Å². The molecule has 0 bridgehead atoms. The maximum Gasteiger partial charge on any atom is 0.259 e. The molecule has 0 saturated carbocycles. The lowest BCUT2D eigenvalue weighted by molar-refractivity contribution is -0.124. The fourth-order valence-electron chi connectivity index (χ4n) is 2.16. The van der Waals surface area contributed by atoms with Crippen LogP contribution in [0.2, 0.25) is 0 Å². The number of halogens is 1. The quantitative estimate of drug-likeness (QED) is 0.704. The summed E-state index contributed by atoms with van der Waals surface area (Å²) in [6.45, 7) is 1.63. The van der Waals surface area contributed by atoms with Gasteiger partial charge >= 0.3 is 0 Å². The molecule has 2 aromatic rings. The number of nitrogens with zero attached hydrogens (tertiary/aromatic N) is 2. The zero-order chi connectivity index (χ0) is 13.6. The molecule has 5 nitrogen and oxygen atoms in total. The van der Waals surface area contributed by atoms with Crippen molar-refractivity contribution < 1.29 is 14.3 Å². The predicted octanol–water partition coefficient (Wildman–Crippen LogP) is 1.58. The Labute approximate surface area is 108 Å². The zero-order valence-corrected chi connectivity index (χ0v) is 10.0. The van der Waals surface area contributed by atoms with Crippen molar-refractivity contribution in [2.75, 3.05) is 5.32 Å². The highest BCUT2D eigenvalue weighted by Crippen LogP contribution is 2.37. The first-order chi connectivity index (χ1) is 9.08. The third-order valence-electron chi connectivity index (χ3n) is 2.98. The number of fused-ring (bicyclic) bond motifs is 3. The average molecular weight is 259 g/mol. The summed E-state index contributed by atoms with van der Waals surface area (Å²) in [5, 5.41) is 12.4. The van der Waals surface area contributed by atoms with Crippen LogP contribution in [0.5, 0.6) is 0 Å². The number of carbonyl (C=O) groups excluding carboxylic acids is 1. The molecule has 0 radical (unpaired) electrons. The summed E-state index contributed by atoms with van der Waals surface area (Å²) in [6, 6.07) is 4.78. The Kier molecular flexibility index (Phi) is 2.53. The Morgan fingerprint density at radius 2 is 2.26 bits per heavy atom. The van der Waals surface area contributed by atoms with Gasteiger partial charge in [-0.1, -0.05) is 6.07 Å². The van der Waals surface area contributed by atoms with E-state index in [1.807, 2.05) is 0 Å². The molecule has 6 heteroatoms. The van der Waals surface area contributed by atoms with Gasteiger partial charge in [0.2, 0.25) is 5.95 Å². The van der Waals surface area contributed by atoms with Gasteiger partial charge in [0.1, 0.15) is 0 Å². The highest BCUT2D eigenvalue weighted by molar-refractivity contribution is 6.02. The topological polar surface area (TPSA) is 75.1 Å². The second-order valence-electron chi connectivity index (χ2n) is 4.30. The van der Waals surface area contributed by atoms with E-state index in [1.165, 1.54) is 6.20 Å². The normalized spacial score (nSPS) is 17.2. The number of anilines is 1. The first-order valence-electron chi connectivity index (χ1n) is 5.69. The minimum absolute atomic E-state index is 0.128. The smallest absolute Gasteiger partial charge is 0.259 e. The van der Waals surface area contributed by atoms with Crippen molar-refractivity contribution >= 4 is 11.6 Å². The molecule has 1 atom stereocenters. The summed E-state index contributed by atoms with van der Waals surface area (Å²) >= 11 is 0. The number of aryl methyl sites for hydroxylation is 1. The number of carbonyl (C=O) groups is 1. The van der Waals surface area contributed by atoms with Crippen LogP contribution in [0.15, 0.2) is 24.4 Å². The van der Waals surface area contributed by atoms with Crippen LogP contribution in [0, 0.1) is 12.9 Å². The lowest BCUT2D eigenvalue weighted by atomic mass is 10.0. The summed E-state index contributed by atoms with van der Waals surface area (Å²) in [7, 11) is 0. The van der Waals surface area contributed by atoms with Crippen molar-refractivity contribution in [3.8, 4) is 11.1 Å². The van der Waals surface area contributed by atoms with E-state index in [9.17, 15) is 14.3 Å². The molecule has 1 amide bonds. The minimum Gasteiger partial charge on any atom is -0.377 e. The van der Waals surface area contributed by atoms with Gasteiger partial charge in [-0.3, -0.25) is 9.78 Å². The van der Waals surface area contributed by atoms with Gasteiger partial charge in [-0.05, 0) is 19.1 Å². The number of amides is 1. The molecule has 0 aromatic carbocycles. The number of hydrogen-bond acceptors (Lipinski definition) is 4.